The summed E-state index contributed by atoms with van der Waals surface area (Å²) in [5.74, 6) is 1.47. The van der Waals surface area contributed by atoms with E-state index in [0.29, 0.717) is 5.92 Å². The standard InChI is InChI=1S/C14H21NO/c1-11(2)13(10-15-3)9-12-7-5-6-8-14(12)16-4/h5-9,11,15H,10H2,1-4H3. The maximum Gasteiger partial charge on any atom is 0.126 e. The third-order valence-electron chi connectivity index (χ3n) is 2.60. The van der Waals surface area contributed by atoms with Gasteiger partial charge in [0.1, 0.15) is 5.75 Å². The molecule has 2 heteroatoms. The number of rotatable bonds is 5. The Bertz CT molecular complexity index is 356. The van der Waals surface area contributed by atoms with E-state index in [1.54, 1.807) is 7.11 Å². The van der Waals surface area contributed by atoms with Crippen molar-refractivity contribution in [3.8, 4) is 5.75 Å². The highest BCUT2D eigenvalue weighted by Crippen LogP contribution is 2.22. The smallest absolute Gasteiger partial charge is 0.126 e. The molecule has 0 radical (unpaired) electrons. The summed E-state index contributed by atoms with van der Waals surface area (Å²) in [6.45, 7) is 5.33. The number of benzene rings is 1. The molecule has 0 atom stereocenters. The fourth-order valence-corrected chi connectivity index (χ4v) is 1.61. The van der Waals surface area contributed by atoms with Crippen LogP contribution in [0.25, 0.3) is 6.08 Å². The van der Waals surface area contributed by atoms with Crippen LogP contribution in [0, 0.1) is 5.92 Å². The lowest BCUT2D eigenvalue weighted by molar-refractivity contribution is 0.414. The van der Waals surface area contributed by atoms with Gasteiger partial charge in [0.15, 0.2) is 0 Å². The Kier molecular flexibility index (Phi) is 5.06. The van der Waals surface area contributed by atoms with E-state index in [9.17, 15) is 0 Å². The number of methoxy groups -OCH3 is 1. The van der Waals surface area contributed by atoms with Crippen LogP contribution in [0.1, 0.15) is 19.4 Å². The Morgan fingerprint density at radius 2 is 2.06 bits per heavy atom. The van der Waals surface area contributed by atoms with Crippen molar-refractivity contribution in [1.29, 1.82) is 0 Å². The molecule has 0 spiro atoms. The van der Waals surface area contributed by atoms with Crippen molar-refractivity contribution >= 4 is 6.08 Å². The van der Waals surface area contributed by atoms with Gasteiger partial charge in [0, 0.05) is 12.1 Å². The molecule has 0 bridgehead atoms. The Morgan fingerprint density at radius 1 is 1.38 bits per heavy atom. The highest BCUT2D eigenvalue weighted by atomic mass is 16.5. The van der Waals surface area contributed by atoms with E-state index in [1.165, 1.54) is 5.57 Å². The first-order valence-electron chi connectivity index (χ1n) is 5.67. The molecule has 2 nitrogen and oxygen atoms in total. The summed E-state index contributed by atoms with van der Waals surface area (Å²) < 4.78 is 5.34. The Morgan fingerprint density at radius 3 is 2.62 bits per heavy atom. The molecule has 0 aromatic heterocycles. The van der Waals surface area contributed by atoms with Crippen molar-refractivity contribution in [1.82, 2.24) is 5.32 Å². The summed E-state index contributed by atoms with van der Waals surface area (Å²) in [5, 5.41) is 3.20. The molecule has 0 aliphatic carbocycles. The number of hydrogen-bond acceptors (Lipinski definition) is 2. The lowest BCUT2D eigenvalue weighted by Gasteiger charge is -2.12. The molecule has 0 heterocycles. The highest BCUT2D eigenvalue weighted by Gasteiger charge is 2.04. The first kappa shape index (κ1) is 12.8. The van der Waals surface area contributed by atoms with E-state index >= 15 is 0 Å². The van der Waals surface area contributed by atoms with Crippen LogP contribution in [0.15, 0.2) is 29.8 Å². The molecule has 0 saturated heterocycles. The molecule has 0 fully saturated rings. The van der Waals surface area contributed by atoms with Crippen molar-refractivity contribution in [2.45, 2.75) is 13.8 Å². The second-order valence-electron chi connectivity index (χ2n) is 4.15. The zero-order chi connectivity index (χ0) is 12.0. The number of likely N-dealkylation sites (N-methyl/N-ethyl adjacent to an activating group) is 1. The van der Waals surface area contributed by atoms with Crippen LogP contribution in [0.4, 0.5) is 0 Å². The molecule has 0 amide bonds. The van der Waals surface area contributed by atoms with Crippen LogP contribution >= 0.6 is 0 Å². The number of nitrogens with one attached hydrogen (secondary N) is 1. The van der Waals surface area contributed by atoms with Gasteiger partial charge in [-0.15, -0.1) is 0 Å². The predicted octanol–water partition coefficient (Wildman–Crippen LogP) is 2.95. The largest absolute Gasteiger partial charge is 0.496 e. The minimum Gasteiger partial charge on any atom is -0.496 e. The van der Waals surface area contributed by atoms with Crippen LogP contribution in [0.3, 0.4) is 0 Å². The lowest BCUT2D eigenvalue weighted by atomic mass is 10.00. The summed E-state index contributed by atoms with van der Waals surface area (Å²) in [6, 6.07) is 8.09. The first-order valence-corrected chi connectivity index (χ1v) is 5.67. The summed E-state index contributed by atoms with van der Waals surface area (Å²) in [5.41, 5.74) is 2.52. The molecule has 1 aromatic carbocycles. The topological polar surface area (TPSA) is 21.3 Å². The third-order valence-corrected chi connectivity index (χ3v) is 2.60. The molecule has 0 aliphatic heterocycles. The normalized spacial score (nSPS) is 11.9. The van der Waals surface area contributed by atoms with Crippen molar-refractivity contribution < 1.29 is 4.74 Å². The van der Waals surface area contributed by atoms with E-state index in [1.807, 2.05) is 25.2 Å². The van der Waals surface area contributed by atoms with Crippen molar-refractivity contribution in [2.24, 2.45) is 5.92 Å². The van der Waals surface area contributed by atoms with Gasteiger partial charge in [-0.05, 0) is 19.0 Å². The molecule has 1 rings (SSSR count). The average molecular weight is 219 g/mol. The second kappa shape index (κ2) is 6.33. The fraction of sp³-hybridized carbons (Fsp3) is 0.429. The number of para-hydroxylation sites is 1. The molecule has 0 unspecified atom stereocenters. The van der Waals surface area contributed by atoms with Gasteiger partial charge in [-0.25, -0.2) is 0 Å². The van der Waals surface area contributed by atoms with E-state index in [-0.39, 0.29) is 0 Å². The van der Waals surface area contributed by atoms with Crippen molar-refractivity contribution in [3.05, 3.63) is 35.4 Å². The third kappa shape index (κ3) is 3.38. The second-order valence-corrected chi connectivity index (χ2v) is 4.15. The Balaban J connectivity index is 3.02. The SMILES string of the molecule is CNCC(=Cc1ccccc1OC)C(C)C. The quantitative estimate of drug-likeness (QED) is 0.822. The minimum atomic E-state index is 0.539. The number of hydrogen-bond donors (Lipinski definition) is 1. The first-order chi connectivity index (χ1) is 7.69. The average Bonchev–Trinajstić information content (AvgIpc) is 2.29. The summed E-state index contributed by atoms with van der Waals surface area (Å²) in [6.07, 6.45) is 2.21. The van der Waals surface area contributed by atoms with Gasteiger partial charge in [0.25, 0.3) is 0 Å². The van der Waals surface area contributed by atoms with Gasteiger partial charge >= 0.3 is 0 Å². The van der Waals surface area contributed by atoms with Crippen LogP contribution < -0.4 is 10.1 Å². The zero-order valence-electron chi connectivity index (χ0n) is 10.6. The summed E-state index contributed by atoms with van der Waals surface area (Å²) >= 11 is 0. The molecular weight excluding hydrogens is 198 g/mol. The molecule has 1 aromatic rings. The van der Waals surface area contributed by atoms with Crippen LogP contribution in [-0.2, 0) is 0 Å². The van der Waals surface area contributed by atoms with Gasteiger partial charge in [-0.3, -0.25) is 0 Å². The molecule has 88 valence electrons. The van der Waals surface area contributed by atoms with Gasteiger partial charge in [-0.1, -0.05) is 43.7 Å². The molecular formula is C14H21NO. The van der Waals surface area contributed by atoms with E-state index < -0.39 is 0 Å². The van der Waals surface area contributed by atoms with Gasteiger partial charge in [0.05, 0.1) is 7.11 Å². The van der Waals surface area contributed by atoms with Crippen LogP contribution in [-0.4, -0.2) is 20.7 Å². The molecule has 1 N–H and O–H groups in total. The monoisotopic (exact) mass is 219 g/mol. The fourth-order valence-electron chi connectivity index (χ4n) is 1.61. The maximum atomic E-state index is 5.34. The van der Waals surface area contributed by atoms with Crippen LogP contribution in [0.5, 0.6) is 5.75 Å². The summed E-state index contributed by atoms with van der Waals surface area (Å²) in [7, 11) is 3.68. The highest BCUT2D eigenvalue weighted by molar-refractivity contribution is 5.60. The van der Waals surface area contributed by atoms with Crippen molar-refractivity contribution in [2.75, 3.05) is 20.7 Å². The maximum absolute atomic E-state index is 5.34. The van der Waals surface area contributed by atoms with Gasteiger partial charge in [0.2, 0.25) is 0 Å². The lowest BCUT2D eigenvalue weighted by Crippen LogP contribution is -2.13. The molecule has 0 aliphatic rings. The van der Waals surface area contributed by atoms with Crippen molar-refractivity contribution in [3.63, 3.8) is 0 Å². The van der Waals surface area contributed by atoms with E-state index in [4.69, 9.17) is 4.74 Å². The Hall–Kier alpha value is -1.28. The molecule has 16 heavy (non-hydrogen) atoms. The minimum absolute atomic E-state index is 0.539. The predicted molar refractivity (Wildman–Crippen MR) is 69.7 cm³/mol. The number of ether oxygens (including phenoxy) is 1. The Labute approximate surface area is 98.3 Å². The zero-order valence-corrected chi connectivity index (χ0v) is 10.6. The van der Waals surface area contributed by atoms with E-state index in [2.05, 4.69) is 31.3 Å². The van der Waals surface area contributed by atoms with Crippen LogP contribution in [0.2, 0.25) is 0 Å². The van der Waals surface area contributed by atoms with Gasteiger partial charge in [-0.2, -0.15) is 0 Å². The van der Waals surface area contributed by atoms with E-state index in [0.717, 1.165) is 17.9 Å². The summed E-state index contributed by atoms with van der Waals surface area (Å²) in [4.78, 5) is 0. The molecule has 0 saturated carbocycles. The van der Waals surface area contributed by atoms with Gasteiger partial charge < -0.3 is 10.1 Å².